The van der Waals surface area contributed by atoms with E-state index in [1.54, 1.807) is 12.1 Å². The van der Waals surface area contributed by atoms with Gasteiger partial charge in [-0.15, -0.1) is 0 Å². The summed E-state index contributed by atoms with van der Waals surface area (Å²) in [7, 11) is 0. The Morgan fingerprint density at radius 2 is 1.67 bits per heavy atom. The van der Waals surface area contributed by atoms with Crippen LogP contribution in [0.1, 0.15) is 18.5 Å². The van der Waals surface area contributed by atoms with Crippen molar-refractivity contribution in [1.82, 2.24) is 9.97 Å². The Hall–Kier alpha value is -2.35. The number of ether oxygens (including phenoxy) is 1. The third-order valence-corrected chi connectivity index (χ3v) is 3.68. The van der Waals surface area contributed by atoms with Crippen LogP contribution in [0, 0.1) is 0 Å². The number of nitrogens with one attached hydrogen (secondary N) is 2. The van der Waals surface area contributed by atoms with E-state index in [1.165, 1.54) is 0 Å². The maximum Gasteiger partial charge on any atom is 0.433 e. The highest BCUT2D eigenvalue weighted by Crippen LogP contribution is 2.28. The molecule has 1 aromatic carbocycles. The SMILES string of the molecule is FC(F)(F)c1ccnc(Nc2ccc(NC3CCOCC3)cc2)n1. The molecule has 0 atom stereocenters. The van der Waals surface area contributed by atoms with Crippen molar-refractivity contribution in [3.8, 4) is 0 Å². The summed E-state index contributed by atoms with van der Waals surface area (Å²) >= 11 is 0. The van der Waals surface area contributed by atoms with Crippen LogP contribution in [0.4, 0.5) is 30.5 Å². The molecule has 2 aromatic rings. The van der Waals surface area contributed by atoms with Crippen molar-refractivity contribution in [2.24, 2.45) is 0 Å². The zero-order chi connectivity index (χ0) is 17.0. The minimum Gasteiger partial charge on any atom is -0.382 e. The van der Waals surface area contributed by atoms with E-state index in [4.69, 9.17) is 4.74 Å². The molecule has 2 heterocycles. The first-order chi connectivity index (χ1) is 11.5. The molecule has 0 spiro atoms. The summed E-state index contributed by atoms with van der Waals surface area (Å²) in [5, 5.41) is 6.19. The zero-order valence-electron chi connectivity index (χ0n) is 12.8. The number of anilines is 3. The highest BCUT2D eigenvalue weighted by Gasteiger charge is 2.32. The van der Waals surface area contributed by atoms with Crippen LogP contribution >= 0.6 is 0 Å². The standard InChI is InChI=1S/C16H17F3N4O/c17-16(18,19)14-5-8-20-15(23-14)22-12-3-1-11(2-4-12)21-13-6-9-24-10-7-13/h1-5,8,13,21H,6-7,9-10H2,(H,20,22,23). The van der Waals surface area contributed by atoms with Gasteiger partial charge in [0.05, 0.1) is 0 Å². The van der Waals surface area contributed by atoms with Crippen molar-refractivity contribution in [3.05, 3.63) is 42.2 Å². The number of alkyl halides is 3. The summed E-state index contributed by atoms with van der Waals surface area (Å²) in [6.07, 6.45) is -1.49. The molecule has 5 nitrogen and oxygen atoms in total. The lowest BCUT2D eigenvalue weighted by Gasteiger charge is -2.24. The number of hydrogen-bond donors (Lipinski definition) is 2. The van der Waals surface area contributed by atoms with Crippen molar-refractivity contribution in [2.45, 2.75) is 25.1 Å². The Morgan fingerprint density at radius 1 is 1.00 bits per heavy atom. The molecule has 24 heavy (non-hydrogen) atoms. The van der Waals surface area contributed by atoms with Crippen LogP contribution in [-0.4, -0.2) is 29.2 Å². The van der Waals surface area contributed by atoms with Gasteiger partial charge in [-0.1, -0.05) is 0 Å². The molecule has 8 heteroatoms. The smallest absolute Gasteiger partial charge is 0.382 e. The van der Waals surface area contributed by atoms with Gasteiger partial charge in [0.2, 0.25) is 5.95 Å². The first kappa shape index (κ1) is 16.5. The Bertz CT molecular complexity index is 670. The van der Waals surface area contributed by atoms with E-state index >= 15 is 0 Å². The second-order valence-electron chi connectivity index (χ2n) is 5.50. The first-order valence-electron chi connectivity index (χ1n) is 7.62. The van der Waals surface area contributed by atoms with Gasteiger partial charge >= 0.3 is 6.18 Å². The lowest BCUT2D eigenvalue weighted by Crippen LogP contribution is -2.27. The third kappa shape index (κ3) is 4.35. The number of nitrogens with zero attached hydrogens (tertiary/aromatic N) is 2. The molecule has 128 valence electrons. The quantitative estimate of drug-likeness (QED) is 0.887. The number of halogens is 3. The molecule has 0 aliphatic carbocycles. The Kier molecular flexibility index (Phi) is 4.84. The van der Waals surface area contributed by atoms with Crippen LogP contribution in [0.2, 0.25) is 0 Å². The topological polar surface area (TPSA) is 59.1 Å². The van der Waals surface area contributed by atoms with Gasteiger partial charge in [-0.3, -0.25) is 0 Å². The summed E-state index contributed by atoms with van der Waals surface area (Å²) in [5.41, 5.74) is 0.599. The predicted molar refractivity (Wildman–Crippen MR) is 84.2 cm³/mol. The normalized spacial score (nSPS) is 16.0. The van der Waals surface area contributed by atoms with Gasteiger partial charge in [-0.05, 0) is 43.2 Å². The molecular formula is C16H17F3N4O. The highest BCUT2D eigenvalue weighted by molar-refractivity contribution is 5.58. The van der Waals surface area contributed by atoms with Gasteiger partial charge in [-0.25, -0.2) is 9.97 Å². The van der Waals surface area contributed by atoms with Crippen LogP contribution in [0.5, 0.6) is 0 Å². The fraction of sp³-hybridized carbons (Fsp3) is 0.375. The fourth-order valence-corrected chi connectivity index (χ4v) is 2.43. The minimum atomic E-state index is -4.49. The van der Waals surface area contributed by atoms with Gasteiger partial charge in [0.1, 0.15) is 5.69 Å². The fourth-order valence-electron chi connectivity index (χ4n) is 2.43. The molecule has 0 bridgehead atoms. The van der Waals surface area contributed by atoms with Crippen LogP contribution < -0.4 is 10.6 Å². The number of hydrogen-bond acceptors (Lipinski definition) is 5. The largest absolute Gasteiger partial charge is 0.433 e. The molecule has 0 amide bonds. The van der Waals surface area contributed by atoms with E-state index in [9.17, 15) is 13.2 Å². The molecule has 1 saturated heterocycles. The summed E-state index contributed by atoms with van der Waals surface area (Å²) in [5.74, 6) is -0.0880. The van der Waals surface area contributed by atoms with E-state index in [-0.39, 0.29) is 5.95 Å². The predicted octanol–water partition coefficient (Wildman–Crippen LogP) is 3.83. The monoisotopic (exact) mass is 338 g/mol. The van der Waals surface area contributed by atoms with E-state index < -0.39 is 11.9 Å². The van der Waals surface area contributed by atoms with Gasteiger partial charge in [0, 0.05) is 36.8 Å². The zero-order valence-corrected chi connectivity index (χ0v) is 12.8. The van der Waals surface area contributed by atoms with Gasteiger partial charge in [0.15, 0.2) is 0 Å². The van der Waals surface area contributed by atoms with Gasteiger partial charge in [0.25, 0.3) is 0 Å². The first-order valence-corrected chi connectivity index (χ1v) is 7.62. The third-order valence-electron chi connectivity index (χ3n) is 3.68. The Morgan fingerprint density at radius 3 is 2.33 bits per heavy atom. The molecule has 3 rings (SSSR count). The van der Waals surface area contributed by atoms with Gasteiger partial charge in [-0.2, -0.15) is 13.2 Å². The van der Waals surface area contributed by atoms with E-state index in [0.717, 1.165) is 44.0 Å². The second kappa shape index (κ2) is 7.04. The highest BCUT2D eigenvalue weighted by atomic mass is 19.4. The second-order valence-corrected chi connectivity index (χ2v) is 5.50. The molecule has 1 aromatic heterocycles. The van der Waals surface area contributed by atoms with E-state index in [2.05, 4.69) is 20.6 Å². The van der Waals surface area contributed by atoms with E-state index in [0.29, 0.717) is 11.7 Å². The summed E-state index contributed by atoms with van der Waals surface area (Å²) in [6.45, 7) is 1.51. The lowest BCUT2D eigenvalue weighted by molar-refractivity contribution is -0.141. The summed E-state index contributed by atoms with van der Waals surface area (Å²) < 4.78 is 43.3. The van der Waals surface area contributed by atoms with Crippen molar-refractivity contribution in [1.29, 1.82) is 0 Å². The minimum absolute atomic E-state index is 0.0880. The molecular weight excluding hydrogens is 321 g/mol. The van der Waals surface area contributed by atoms with Crippen molar-refractivity contribution >= 4 is 17.3 Å². The molecule has 0 saturated carbocycles. The number of rotatable bonds is 4. The van der Waals surface area contributed by atoms with Crippen LogP contribution in [0.15, 0.2) is 36.5 Å². The average Bonchev–Trinajstić information content (AvgIpc) is 2.57. The number of benzene rings is 1. The van der Waals surface area contributed by atoms with Crippen LogP contribution in [-0.2, 0) is 10.9 Å². The van der Waals surface area contributed by atoms with Crippen LogP contribution in [0.25, 0.3) is 0 Å². The molecule has 0 unspecified atom stereocenters. The van der Waals surface area contributed by atoms with E-state index in [1.807, 2.05) is 12.1 Å². The van der Waals surface area contributed by atoms with Crippen LogP contribution in [0.3, 0.4) is 0 Å². The Balaban J connectivity index is 1.63. The van der Waals surface area contributed by atoms with Gasteiger partial charge < -0.3 is 15.4 Å². The number of aromatic nitrogens is 2. The molecule has 1 fully saturated rings. The Labute approximate surface area is 137 Å². The van der Waals surface area contributed by atoms with Crippen molar-refractivity contribution in [2.75, 3.05) is 23.8 Å². The molecule has 1 aliphatic rings. The molecule has 0 radical (unpaired) electrons. The maximum absolute atomic E-state index is 12.6. The maximum atomic E-state index is 12.6. The summed E-state index contributed by atoms with van der Waals surface area (Å²) in [6, 6.07) is 8.49. The molecule has 1 aliphatic heterocycles. The van der Waals surface area contributed by atoms with Crippen molar-refractivity contribution < 1.29 is 17.9 Å². The lowest BCUT2D eigenvalue weighted by atomic mass is 10.1. The average molecular weight is 338 g/mol. The molecule has 2 N–H and O–H groups in total. The summed E-state index contributed by atoms with van der Waals surface area (Å²) in [4.78, 5) is 7.29. The van der Waals surface area contributed by atoms with Crippen molar-refractivity contribution in [3.63, 3.8) is 0 Å².